The van der Waals surface area contributed by atoms with Gasteiger partial charge in [0, 0.05) is 11.6 Å². The lowest BCUT2D eigenvalue weighted by Crippen LogP contribution is -2.09. The Kier molecular flexibility index (Phi) is 5.45. The van der Waals surface area contributed by atoms with E-state index in [1.54, 1.807) is 32.2 Å². The van der Waals surface area contributed by atoms with Gasteiger partial charge in [0.2, 0.25) is 0 Å². The van der Waals surface area contributed by atoms with E-state index in [1.807, 2.05) is 0 Å². The number of esters is 1. The summed E-state index contributed by atoms with van der Waals surface area (Å²) < 4.78 is 15.1. The van der Waals surface area contributed by atoms with Crippen molar-refractivity contribution in [1.82, 2.24) is 0 Å². The second-order valence-corrected chi connectivity index (χ2v) is 3.75. The predicted molar refractivity (Wildman–Crippen MR) is 65.8 cm³/mol. The fraction of sp³-hybridized carbons (Fsp3) is 0.462. The summed E-state index contributed by atoms with van der Waals surface area (Å²) in [6.45, 7) is 1.84. The molecular formula is C13H18O5. The number of rotatable bonds is 6. The summed E-state index contributed by atoms with van der Waals surface area (Å²) in [4.78, 5) is 11.0. The zero-order valence-electron chi connectivity index (χ0n) is 10.8. The van der Waals surface area contributed by atoms with Crippen LogP contribution in [0.25, 0.3) is 0 Å². The molecule has 0 aromatic heterocycles. The Morgan fingerprint density at radius 2 is 2.11 bits per heavy atom. The quantitative estimate of drug-likeness (QED) is 0.782. The molecule has 0 radical (unpaired) electrons. The molecule has 1 aromatic carbocycles. The molecular weight excluding hydrogens is 236 g/mol. The Labute approximate surface area is 106 Å². The first-order valence-electron chi connectivity index (χ1n) is 5.64. The van der Waals surface area contributed by atoms with E-state index in [0.717, 1.165) is 0 Å². The van der Waals surface area contributed by atoms with Crippen LogP contribution in [0.1, 0.15) is 25.0 Å². The molecule has 0 heterocycles. The molecule has 0 unspecified atom stereocenters. The highest BCUT2D eigenvalue weighted by molar-refractivity contribution is 5.69. The lowest BCUT2D eigenvalue weighted by atomic mass is 10.1. The minimum atomic E-state index is -0.649. The van der Waals surface area contributed by atoms with Crippen LogP contribution in [0.3, 0.4) is 0 Å². The summed E-state index contributed by atoms with van der Waals surface area (Å²) >= 11 is 0. The maximum Gasteiger partial charge on any atom is 0.308 e. The molecule has 5 heteroatoms. The smallest absolute Gasteiger partial charge is 0.308 e. The van der Waals surface area contributed by atoms with E-state index < -0.39 is 6.10 Å². The highest BCUT2D eigenvalue weighted by Gasteiger charge is 2.11. The van der Waals surface area contributed by atoms with Crippen molar-refractivity contribution in [2.45, 2.75) is 19.4 Å². The minimum absolute atomic E-state index is 0.160. The molecule has 0 aliphatic carbocycles. The molecule has 1 N–H and O–H groups in total. The molecule has 18 heavy (non-hydrogen) atoms. The standard InChI is InChI=1S/C13H18O5/c1-9(14)11-5-4-10(16-2)8-12(11)18-7-6-13(15)17-3/h4-5,8-9,14H,6-7H2,1-3H3/t9-/m1/s1. The monoisotopic (exact) mass is 254 g/mol. The zero-order valence-corrected chi connectivity index (χ0v) is 10.8. The molecule has 100 valence electrons. The van der Waals surface area contributed by atoms with Gasteiger partial charge in [-0.1, -0.05) is 0 Å². The van der Waals surface area contributed by atoms with Crippen LogP contribution in [-0.4, -0.2) is 31.9 Å². The Morgan fingerprint density at radius 3 is 2.67 bits per heavy atom. The van der Waals surface area contributed by atoms with Crippen molar-refractivity contribution in [3.05, 3.63) is 23.8 Å². The van der Waals surface area contributed by atoms with Crippen LogP contribution in [0.2, 0.25) is 0 Å². The van der Waals surface area contributed by atoms with Crippen molar-refractivity contribution in [3.63, 3.8) is 0 Å². The highest BCUT2D eigenvalue weighted by atomic mass is 16.5. The summed E-state index contributed by atoms with van der Waals surface area (Å²) in [6, 6.07) is 5.16. The van der Waals surface area contributed by atoms with E-state index in [-0.39, 0.29) is 19.0 Å². The molecule has 0 spiro atoms. The van der Waals surface area contributed by atoms with Crippen LogP contribution in [0, 0.1) is 0 Å². The minimum Gasteiger partial charge on any atom is -0.497 e. The number of carbonyl (C=O) groups is 1. The molecule has 0 saturated heterocycles. The van der Waals surface area contributed by atoms with Gasteiger partial charge in [-0.15, -0.1) is 0 Å². The summed E-state index contributed by atoms with van der Waals surface area (Å²) in [7, 11) is 2.88. The van der Waals surface area contributed by atoms with Crippen molar-refractivity contribution < 1.29 is 24.1 Å². The zero-order chi connectivity index (χ0) is 13.5. The first-order chi connectivity index (χ1) is 8.58. The largest absolute Gasteiger partial charge is 0.497 e. The number of benzene rings is 1. The normalized spacial score (nSPS) is 11.8. The van der Waals surface area contributed by atoms with Gasteiger partial charge in [0.1, 0.15) is 11.5 Å². The third kappa shape index (κ3) is 3.92. The third-order valence-electron chi connectivity index (χ3n) is 2.46. The van der Waals surface area contributed by atoms with Crippen molar-refractivity contribution in [2.75, 3.05) is 20.8 Å². The SMILES string of the molecule is COC(=O)CCOc1cc(OC)ccc1[C@@H](C)O. The Balaban J connectivity index is 2.74. The number of hydrogen-bond acceptors (Lipinski definition) is 5. The average molecular weight is 254 g/mol. The number of carbonyl (C=O) groups excluding carboxylic acids is 1. The van der Waals surface area contributed by atoms with Crippen molar-refractivity contribution in [3.8, 4) is 11.5 Å². The molecule has 0 aliphatic rings. The van der Waals surface area contributed by atoms with Gasteiger partial charge in [-0.05, 0) is 19.1 Å². The predicted octanol–water partition coefficient (Wildman–Crippen LogP) is 1.69. The molecule has 1 rings (SSSR count). The topological polar surface area (TPSA) is 65.0 Å². The summed E-state index contributed by atoms with van der Waals surface area (Å²) in [6.07, 6.45) is -0.489. The molecule has 0 aliphatic heterocycles. The second-order valence-electron chi connectivity index (χ2n) is 3.75. The van der Waals surface area contributed by atoms with Crippen LogP contribution in [0.5, 0.6) is 11.5 Å². The van der Waals surface area contributed by atoms with E-state index in [1.165, 1.54) is 7.11 Å². The first kappa shape index (κ1) is 14.3. The second kappa shape index (κ2) is 6.86. The van der Waals surface area contributed by atoms with Crippen molar-refractivity contribution in [2.24, 2.45) is 0 Å². The summed E-state index contributed by atoms with van der Waals surface area (Å²) in [5.41, 5.74) is 0.653. The first-order valence-corrected chi connectivity index (χ1v) is 5.64. The van der Waals surface area contributed by atoms with Crippen LogP contribution < -0.4 is 9.47 Å². The number of ether oxygens (including phenoxy) is 3. The van der Waals surface area contributed by atoms with E-state index in [9.17, 15) is 9.90 Å². The van der Waals surface area contributed by atoms with E-state index >= 15 is 0 Å². The molecule has 1 aromatic rings. The van der Waals surface area contributed by atoms with Gasteiger partial charge in [0.15, 0.2) is 0 Å². The van der Waals surface area contributed by atoms with Crippen LogP contribution in [0.15, 0.2) is 18.2 Å². The molecule has 1 atom stereocenters. The summed E-state index contributed by atoms with van der Waals surface area (Å²) in [5.74, 6) is 0.803. The maximum atomic E-state index is 11.0. The molecule has 0 bridgehead atoms. The third-order valence-corrected chi connectivity index (χ3v) is 2.46. The maximum absolute atomic E-state index is 11.0. The molecule has 0 amide bonds. The van der Waals surface area contributed by atoms with Crippen LogP contribution in [-0.2, 0) is 9.53 Å². The lowest BCUT2D eigenvalue weighted by Gasteiger charge is -2.14. The Morgan fingerprint density at radius 1 is 1.39 bits per heavy atom. The number of aliphatic hydroxyl groups excluding tert-OH is 1. The van der Waals surface area contributed by atoms with Gasteiger partial charge in [-0.3, -0.25) is 4.79 Å². The Bertz CT molecular complexity index is 400. The van der Waals surface area contributed by atoms with Crippen molar-refractivity contribution in [1.29, 1.82) is 0 Å². The number of methoxy groups -OCH3 is 2. The highest BCUT2D eigenvalue weighted by Crippen LogP contribution is 2.29. The van der Waals surface area contributed by atoms with Gasteiger partial charge in [0.05, 0.1) is 33.4 Å². The lowest BCUT2D eigenvalue weighted by molar-refractivity contribution is -0.141. The van der Waals surface area contributed by atoms with Gasteiger partial charge >= 0.3 is 5.97 Å². The average Bonchev–Trinajstić information content (AvgIpc) is 2.37. The van der Waals surface area contributed by atoms with Crippen LogP contribution >= 0.6 is 0 Å². The fourth-order valence-electron chi connectivity index (χ4n) is 1.46. The van der Waals surface area contributed by atoms with Crippen molar-refractivity contribution >= 4 is 5.97 Å². The van der Waals surface area contributed by atoms with Gasteiger partial charge in [-0.2, -0.15) is 0 Å². The molecule has 0 saturated carbocycles. The number of hydrogen-bond donors (Lipinski definition) is 1. The van der Waals surface area contributed by atoms with Gasteiger partial charge < -0.3 is 19.3 Å². The van der Waals surface area contributed by atoms with E-state index in [0.29, 0.717) is 17.1 Å². The molecule has 5 nitrogen and oxygen atoms in total. The van der Waals surface area contributed by atoms with E-state index in [4.69, 9.17) is 9.47 Å². The van der Waals surface area contributed by atoms with Gasteiger partial charge in [-0.25, -0.2) is 0 Å². The summed E-state index contributed by atoms with van der Waals surface area (Å²) in [5, 5.41) is 9.61. The van der Waals surface area contributed by atoms with E-state index in [2.05, 4.69) is 4.74 Å². The van der Waals surface area contributed by atoms with Crippen LogP contribution in [0.4, 0.5) is 0 Å². The Hall–Kier alpha value is -1.75. The number of aliphatic hydroxyl groups is 1. The fourth-order valence-corrected chi connectivity index (χ4v) is 1.46. The molecule has 0 fully saturated rings. The van der Waals surface area contributed by atoms with Gasteiger partial charge in [0.25, 0.3) is 0 Å².